The summed E-state index contributed by atoms with van der Waals surface area (Å²) in [5.41, 5.74) is 0. The summed E-state index contributed by atoms with van der Waals surface area (Å²) in [6.07, 6.45) is 1.00. The summed E-state index contributed by atoms with van der Waals surface area (Å²) in [7, 11) is 1.61. The summed E-state index contributed by atoms with van der Waals surface area (Å²) in [6, 6.07) is 0. The molecule has 0 aliphatic rings. The van der Waals surface area contributed by atoms with E-state index < -0.39 is 0 Å². The standard InChI is InChI=1S/C5H12INO/c1-4-5(6-2)7(3)8/h5H,4H2,1-3H3/q-2/t5-/m0/s1. The number of nitrogens with zero attached hydrogens (tertiary/aromatic N) is 1. The summed E-state index contributed by atoms with van der Waals surface area (Å²) < 4.78 is 0.341. The number of hydroxylamine groups is 2. The second-order valence-electron chi connectivity index (χ2n) is 1.61. The van der Waals surface area contributed by atoms with E-state index in [2.05, 4.69) is 11.9 Å². The van der Waals surface area contributed by atoms with Gasteiger partial charge in [-0.05, 0) is 0 Å². The first-order chi connectivity index (χ1) is 3.72. The van der Waals surface area contributed by atoms with E-state index in [0.717, 1.165) is 11.5 Å². The van der Waals surface area contributed by atoms with Gasteiger partial charge in [0.2, 0.25) is 0 Å². The fraction of sp³-hybridized carbons (Fsp3) is 1.00. The van der Waals surface area contributed by atoms with Gasteiger partial charge in [-0.1, -0.05) is 0 Å². The van der Waals surface area contributed by atoms with E-state index in [9.17, 15) is 5.21 Å². The monoisotopic (exact) mass is 229 g/mol. The van der Waals surface area contributed by atoms with Crippen molar-refractivity contribution in [3.63, 3.8) is 0 Å². The van der Waals surface area contributed by atoms with Crippen molar-refractivity contribution >= 4 is 0 Å². The van der Waals surface area contributed by atoms with Crippen LogP contribution >= 0.6 is 0 Å². The second kappa shape index (κ2) is 4.52. The summed E-state index contributed by atoms with van der Waals surface area (Å²) >= 11 is 0.115. The van der Waals surface area contributed by atoms with Crippen LogP contribution in [0.3, 0.4) is 0 Å². The summed E-state index contributed by atoms with van der Waals surface area (Å²) in [5, 5.41) is 11.6. The predicted octanol–water partition coefficient (Wildman–Crippen LogP) is -2.13. The number of hydrogen-bond acceptors (Lipinski definition) is 2. The third kappa shape index (κ3) is 2.84. The minimum atomic E-state index is 0.115. The van der Waals surface area contributed by atoms with Crippen molar-refractivity contribution in [2.45, 2.75) is 17.4 Å². The Morgan fingerprint density at radius 2 is 2.25 bits per heavy atom. The Kier molecular flexibility index (Phi) is 4.89. The molecule has 0 aromatic carbocycles. The van der Waals surface area contributed by atoms with Crippen molar-refractivity contribution in [3.05, 3.63) is 5.21 Å². The quantitative estimate of drug-likeness (QED) is 0.239. The fourth-order valence-electron chi connectivity index (χ4n) is 0.549. The molecule has 0 radical (unpaired) electrons. The molecular weight excluding hydrogens is 217 g/mol. The molecule has 0 aliphatic heterocycles. The molecule has 0 aromatic rings. The van der Waals surface area contributed by atoms with Crippen LogP contribution in [0.4, 0.5) is 0 Å². The Labute approximate surface area is 61.1 Å². The van der Waals surface area contributed by atoms with Gasteiger partial charge < -0.3 is 0 Å². The minimum absolute atomic E-state index is 0.115. The molecule has 2 nitrogen and oxygen atoms in total. The van der Waals surface area contributed by atoms with Crippen LogP contribution < -0.4 is 21.2 Å². The zero-order chi connectivity index (χ0) is 6.57. The van der Waals surface area contributed by atoms with Gasteiger partial charge >= 0.3 is 60.8 Å². The molecule has 0 bridgehead atoms. The van der Waals surface area contributed by atoms with Gasteiger partial charge in [0.25, 0.3) is 0 Å². The van der Waals surface area contributed by atoms with E-state index >= 15 is 0 Å². The molecule has 0 fully saturated rings. The Balaban J connectivity index is 3.35. The first-order valence-electron chi connectivity index (χ1n) is 2.60. The zero-order valence-electron chi connectivity index (χ0n) is 5.52. The Hall–Kier alpha value is 0.650. The van der Waals surface area contributed by atoms with Gasteiger partial charge in [-0.25, -0.2) is 0 Å². The molecule has 3 heteroatoms. The van der Waals surface area contributed by atoms with Gasteiger partial charge in [-0.15, -0.1) is 0 Å². The molecule has 0 saturated heterocycles. The van der Waals surface area contributed by atoms with Crippen LogP contribution in [0, 0.1) is 5.21 Å². The van der Waals surface area contributed by atoms with E-state index in [4.69, 9.17) is 0 Å². The first-order valence-corrected chi connectivity index (χ1v) is 6.00. The summed E-state index contributed by atoms with van der Waals surface area (Å²) in [6.45, 7) is 2.06. The predicted molar refractivity (Wildman–Crippen MR) is 31.1 cm³/mol. The molecule has 0 aliphatic carbocycles. The molecule has 0 aromatic heterocycles. The third-order valence-corrected chi connectivity index (χ3v) is 4.09. The van der Waals surface area contributed by atoms with Gasteiger partial charge in [0, 0.05) is 0 Å². The number of hydrogen-bond donors (Lipinski definition) is 0. The van der Waals surface area contributed by atoms with Crippen LogP contribution in [0.2, 0.25) is 0 Å². The molecule has 0 amide bonds. The SMILES string of the molecule is CC[C@@H]([I-]C)N(C)[O-]. The first kappa shape index (κ1) is 8.65. The van der Waals surface area contributed by atoms with E-state index in [1.54, 1.807) is 7.05 Å². The molecule has 1 atom stereocenters. The Morgan fingerprint density at radius 1 is 1.75 bits per heavy atom. The van der Waals surface area contributed by atoms with Crippen molar-refractivity contribution in [2.24, 2.45) is 0 Å². The molecule has 0 N–H and O–H groups in total. The average Bonchev–Trinajstić information content (AvgIpc) is 1.69. The third-order valence-electron chi connectivity index (χ3n) is 0.983. The molecule has 0 spiro atoms. The van der Waals surface area contributed by atoms with Gasteiger partial charge in [-0.3, -0.25) is 0 Å². The number of rotatable bonds is 3. The van der Waals surface area contributed by atoms with Gasteiger partial charge in [-0.2, -0.15) is 0 Å². The Morgan fingerprint density at radius 3 is 2.25 bits per heavy atom. The second-order valence-corrected chi connectivity index (χ2v) is 4.29. The fourth-order valence-corrected chi connectivity index (χ4v) is 2.21. The average molecular weight is 229 g/mol. The summed E-state index contributed by atoms with van der Waals surface area (Å²) in [4.78, 5) is 2.14. The Bertz CT molecular complexity index is 54.4. The zero-order valence-corrected chi connectivity index (χ0v) is 7.68. The van der Waals surface area contributed by atoms with Crippen molar-refractivity contribution in [2.75, 3.05) is 12.0 Å². The molecule has 0 unspecified atom stereocenters. The van der Waals surface area contributed by atoms with E-state index in [1.165, 1.54) is 0 Å². The van der Waals surface area contributed by atoms with Gasteiger partial charge in [0.05, 0.1) is 0 Å². The van der Waals surface area contributed by atoms with Crippen LogP contribution in [0.25, 0.3) is 0 Å². The number of halogens is 1. The molecular formula is C5H12INO-2. The van der Waals surface area contributed by atoms with Gasteiger partial charge in [0.15, 0.2) is 0 Å². The normalized spacial score (nSPS) is 15.1. The van der Waals surface area contributed by atoms with Crippen LogP contribution in [-0.4, -0.2) is 21.1 Å². The van der Waals surface area contributed by atoms with Crippen molar-refractivity contribution in [1.82, 2.24) is 5.06 Å². The van der Waals surface area contributed by atoms with E-state index in [0.29, 0.717) is 4.05 Å². The topological polar surface area (TPSA) is 26.3 Å². The molecule has 0 saturated carbocycles. The molecule has 0 heterocycles. The van der Waals surface area contributed by atoms with Crippen LogP contribution in [0.5, 0.6) is 0 Å². The van der Waals surface area contributed by atoms with Crippen LogP contribution in [0.15, 0.2) is 0 Å². The van der Waals surface area contributed by atoms with Crippen molar-refractivity contribution < 1.29 is 21.2 Å². The maximum absolute atomic E-state index is 10.6. The van der Waals surface area contributed by atoms with Gasteiger partial charge in [0.1, 0.15) is 0 Å². The van der Waals surface area contributed by atoms with E-state index in [1.807, 2.05) is 0 Å². The van der Waals surface area contributed by atoms with Crippen LogP contribution in [-0.2, 0) is 0 Å². The maximum atomic E-state index is 10.6. The number of alkyl halides is 2. The molecule has 8 heavy (non-hydrogen) atoms. The van der Waals surface area contributed by atoms with Crippen LogP contribution in [0.1, 0.15) is 13.3 Å². The molecule has 0 rings (SSSR count). The molecule has 52 valence electrons. The van der Waals surface area contributed by atoms with Crippen molar-refractivity contribution in [3.8, 4) is 0 Å². The van der Waals surface area contributed by atoms with Crippen molar-refractivity contribution in [1.29, 1.82) is 0 Å². The summed E-state index contributed by atoms with van der Waals surface area (Å²) in [5.74, 6) is 0. The van der Waals surface area contributed by atoms with E-state index in [-0.39, 0.29) is 21.2 Å².